The number of anilines is 8. The summed E-state index contributed by atoms with van der Waals surface area (Å²) in [6.07, 6.45) is 7.86. The van der Waals surface area contributed by atoms with E-state index in [0.717, 1.165) is 86.0 Å². The minimum Gasteiger partial charge on any atom is -0.453 e. The zero-order valence-electron chi connectivity index (χ0n) is 35.3. The Morgan fingerprint density at radius 2 is 0.891 bits per heavy atom. The first-order valence-corrected chi connectivity index (χ1v) is 21.9. The maximum atomic E-state index is 6.33. The quantitative estimate of drug-likeness (QED) is 0.160. The molecule has 0 N–H and O–H groups in total. The molecule has 0 aromatic heterocycles. The summed E-state index contributed by atoms with van der Waals surface area (Å²) < 4.78 is 12.6. The molecule has 9 aromatic rings. The van der Waals surface area contributed by atoms with E-state index in [1.54, 1.807) is 0 Å². The van der Waals surface area contributed by atoms with Crippen LogP contribution in [0.5, 0.6) is 23.0 Å². The number of hydrogen-bond acceptors (Lipinski definition) is 5. The zero-order chi connectivity index (χ0) is 42.6. The van der Waals surface area contributed by atoms with E-state index >= 15 is 0 Å². The highest BCUT2D eigenvalue weighted by atomic mass is 16.5. The van der Waals surface area contributed by atoms with Crippen LogP contribution in [-0.4, -0.2) is 5.54 Å². The van der Waals surface area contributed by atoms with Gasteiger partial charge < -0.3 is 24.2 Å². The van der Waals surface area contributed by atoms with Crippen LogP contribution in [0.2, 0.25) is 0 Å². The normalized spacial score (nSPS) is 15.8. The smallest absolute Gasteiger partial charge is 0.151 e. The van der Waals surface area contributed by atoms with Crippen molar-refractivity contribution >= 4 is 61.8 Å². The first-order chi connectivity index (χ1) is 31.6. The van der Waals surface area contributed by atoms with Crippen molar-refractivity contribution in [3.63, 3.8) is 0 Å². The minimum absolute atomic E-state index is 0.276. The highest BCUT2D eigenvalue weighted by Gasteiger charge is 2.37. The van der Waals surface area contributed by atoms with Crippen LogP contribution in [0.4, 0.5) is 45.5 Å². The van der Waals surface area contributed by atoms with Crippen molar-refractivity contribution in [1.29, 1.82) is 0 Å². The van der Waals surface area contributed by atoms with Crippen molar-refractivity contribution in [2.45, 2.75) is 18.9 Å². The predicted octanol–water partition coefficient (Wildman–Crippen LogP) is 16.6. The van der Waals surface area contributed by atoms with Crippen LogP contribution in [0.25, 0.3) is 27.5 Å². The number of rotatable bonds is 7. The summed E-state index contributed by atoms with van der Waals surface area (Å²) >= 11 is 0. The van der Waals surface area contributed by atoms with Crippen molar-refractivity contribution in [3.8, 4) is 34.1 Å². The molecule has 0 amide bonds. The van der Waals surface area contributed by atoms with Gasteiger partial charge in [-0.2, -0.15) is 0 Å². The summed E-state index contributed by atoms with van der Waals surface area (Å²) in [4.78, 5) is 7.06. The fourth-order valence-electron chi connectivity index (χ4n) is 9.51. The molecule has 1 unspecified atom stereocenters. The average Bonchev–Trinajstić information content (AvgIpc) is 3.35. The lowest BCUT2D eigenvalue weighted by molar-refractivity contribution is 0.454. The van der Waals surface area contributed by atoms with E-state index in [0.29, 0.717) is 0 Å². The number of para-hydroxylation sites is 8. The lowest BCUT2D eigenvalue weighted by Crippen LogP contribution is -2.43. The van der Waals surface area contributed by atoms with E-state index in [1.807, 2.05) is 36.4 Å². The molecule has 9 aromatic carbocycles. The first kappa shape index (κ1) is 37.5. The van der Waals surface area contributed by atoms with Gasteiger partial charge in [0.05, 0.1) is 28.3 Å². The Bertz CT molecular complexity index is 3190. The number of hydrogen-bond donors (Lipinski definition) is 0. The Hall–Kier alpha value is -8.28. The Morgan fingerprint density at radius 3 is 1.44 bits per heavy atom. The molecule has 0 spiro atoms. The fraction of sp³-hybridized carbons (Fsp3) is 0.0508. The van der Waals surface area contributed by atoms with Crippen LogP contribution in [0, 0.1) is 0 Å². The lowest BCUT2D eigenvalue weighted by Gasteiger charge is -2.45. The summed E-state index contributed by atoms with van der Waals surface area (Å²) in [7, 11) is 0. The highest BCUT2D eigenvalue weighted by molar-refractivity contribution is 5.91. The molecular formula is C59H43N3O2. The number of benzene rings is 9. The van der Waals surface area contributed by atoms with Crippen LogP contribution in [0.1, 0.15) is 18.9 Å². The van der Waals surface area contributed by atoms with Crippen LogP contribution in [0.15, 0.2) is 231 Å². The summed E-state index contributed by atoms with van der Waals surface area (Å²) in [5.41, 5.74) is 13.0. The van der Waals surface area contributed by atoms with E-state index in [9.17, 15) is 0 Å². The first-order valence-electron chi connectivity index (χ1n) is 21.9. The molecule has 306 valence electrons. The van der Waals surface area contributed by atoms with Gasteiger partial charge in [-0.25, -0.2) is 0 Å². The van der Waals surface area contributed by atoms with Gasteiger partial charge in [0.1, 0.15) is 0 Å². The summed E-state index contributed by atoms with van der Waals surface area (Å²) in [6, 6.07) is 75.1. The van der Waals surface area contributed by atoms with Gasteiger partial charge >= 0.3 is 0 Å². The maximum Gasteiger partial charge on any atom is 0.151 e. The molecule has 2 aliphatic heterocycles. The Balaban J connectivity index is 0.838. The van der Waals surface area contributed by atoms with Crippen LogP contribution in [-0.2, 0) is 0 Å². The number of ether oxygens (including phenoxy) is 2. The van der Waals surface area contributed by atoms with Crippen molar-refractivity contribution in [2.24, 2.45) is 0 Å². The van der Waals surface area contributed by atoms with E-state index in [2.05, 4.69) is 216 Å². The molecular weight excluding hydrogens is 783 g/mol. The van der Waals surface area contributed by atoms with E-state index < -0.39 is 0 Å². The monoisotopic (exact) mass is 825 g/mol. The van der Waals surface area contributed by atoms with Gasteiger partial charge in [0.2, 0.25) is 0 Å². The molecule has 0 saturated heterocycles. The number of nitrogens with zero attached hydrogens (tertiary/aromatic N) is 3. The van der Waals surface area contributed by atoms with Crippen molar-refractivity contribution in [3.05, 3.63) is 236 Å². The Kier molecular flexibility index (Phi) is 8.94. The number of allylic oxidation sites excluding steroid dienone is 2. The molecule has 0 radical (unpaired) electrons. The third-order valence-corrected chi connectivity index (χ3v) is 12.8. The third-order valence-electron chi connectivity index (χ3n) is 12.8. The van der Waals surface area contributed by atoms with Gasteiger partial charge in [0.25, 0.3) is 0 Å². The topological polar surface area (TPSA) is 28.2 Å². The summed E-state index contributed by atoms with van der Waals surface area (Å²) in [5.74, 6) is 3.45. The van der Waals surface area contributed by atoms with Crippen LogP contribution >= 0.6 is 0 Å². The molecule has 0 fully saturated rings. The van der Waals surface area contributed by atoms with Gasteiger partial charge in [-0.1, -0.05) is 133 Å². The molecule has 5 nitrogen and oxygen atoms in total. The fourth-order valence-corrected chi connectivity index (χ4v) is 9.51. The molecule has 2 heterocycles. The zero-order valence-corrected chi connectivity index (χ0v) is 35.3. The Morgan fingerprint density at radius 1 is 0.438 bits per heavy atom. The third kappa shape index (κ3) is 6.49. The SMILES string of the molecule is CC1(N2c3ccccc3Oc3ccccc32)C=CC(c2ccc(N(c3ccc(-c4ccc(N5c6ccccc6Oc6ccccc65)cc4)cc3)c3ccc4ccccc4c3)cc2)=CC1. The predicted molar refractivity (Wildman–Crippen MR) is 264 cm³/mol. The molecule has 64 heavy (non-hydrogen) atoms. The van der Waals surface area contributed by atoms with E-state index in [4.69, 9.17) is 9.47 Å². The van der Waals surface area contributed by atoms with Crippen LogP contribution < -0.4 is 24.2 Å². The minimum atomic E-state index is -0.276. The Labute approximate surface area is 373 Å². The number of fused-ring (bicyclic) bond motifs is 5. The van der Waals surface area contributed by atoms with Crippen molar-refractivity contribution in [2.75, 3.05) is 14.7 Å². The van der Waals surface area contributed by atoms with Crippen molar-refractivity contribution < 1.29 is 9.47 Å². The van der Waals surface area contributed by atoms with Gasteiger partial charge in [-0.3, -0.25) is 0 Å². The standard InChI is InChI=1S/C59H43N3O2/c1-59(62-53-16-6-10-20-57(53)64-58-21-11-7-17-54(58)62)38-36-45(37-39-59)44-24-31-48(32-25-44)60(50-35-28-41-12-2-3-13-46(41)40-50)47-29-22-42(23-30-47)43-26-33-49(34-27-43)61-51-14-4-8-18-55(51)63-56-19-9-5-15-52(56)61/h2-38,40H,39H2,1H3. The summed E-state index contributed by atoms with van der Waals surface area (Å²) in [5, 5.41) is 2.42. The second-order valence-electron chi connectivity index (χ2n) is 16.8. The molecule has 12 rings (SSSR count). The maximum absolute atomic E-state index is 6.33. The van der Waals surface area contributed by atoms with Crippen LogP contribution in [0.3, 0.4) is 0 Å². The average molecular weight is 826 g/mol. The second-order valence-corrected chi connectivity index (χ2v) is 16.8. The molecule has 1 aliphatic carbocycles. The van der Waals surface area contributed by atoms with Crippen molar-refractivity contribution in [1.82, 2.24) is 0 Å². The lowest BCUT2D eigenvalue weighted by atomic mass is 9.85. The second kappa shape index (κ2) is 15.3. The largest absolute Gasteiger partial charge is 0.453 e. The van der Waals surface area contributed by atoms with Gasteiger partial charge in [0.15, 0.2) is 23.0 Å². The summed E-state index contributed by atoms with van der Waals surface area (Å²) in [6.45, 7) is 2.31. The van der Waals surface area contributed by atoms with E-state index in [1.165, 1.54) is 21.9 Å². The van der Waals surface area contributed by atoms with Gasteiger partial charge in [0, 0.05) is 22.7 Å². The molecule has 0 saturated carbocycles. The van der Waals surface area contributed by atoms with Gasteiger partial charge in [-0.05, 0) is 143 Å². The molecule has 3 aliphatic rings. The highest BCUT2D eigenvalue weighted by Crippen LogP contribution is 2.53. The molecule has 0 bridgehead atoms. The molecule has 1 atom stereocenters. The molecule has 5 heteroatoms. The van der Waals surface area contributed by atoms with Gasteiger partial charge in [-0.15, -0.1) is 0 Å². The van der Waals surface area contributed by atoms with E-state index in [-0.39, 0.29) is 5.54 Å².